The van der Waals surface area contributed by atoms with E-state index >= 15 is 0 Å². The van der Waals surface area contributed by atoms with Crippen LogP contribution in [0.25, 0.3) is 0 Å². The Kier molecular flexibility index (Phi) is 8.97. The summed E-state index contributed by atoms with van der Waals surface area (Å²) in [5.41, 5.74) is 2.85. The van der Waals surface area contributed by atoms with Gasteiger partial charge in [0.25, 0.3) is 0 Å². The Morgan fingerprint density at radius 1 is 1.09 bits per heavy atom. The highest BCUT2D eigenvalue weighted by Crippen LogP contribution is 2.33. The number of alkyl halides is 3. The van der Waals surface area contributed by atoms with Crippen LogP contribution in [0.15, 0.2) is 18.5 Å². The molecular formula is C27H36F3N3OS. The highest BCUT2D eigenvalue weighted by Gasteiger charge is 2.27. The normalized spacial score (nSPS) is 21.5. The Balaban J connectivity index is 1.16. The van der Waals surface area contributed by atoms with E-state index in [0.717, 1.165) is 72.4 Å². The van der Waals surface area contributed by atoms with E-state index < -0.39 is 12.6 Å². The molecule has 0 bridgehead atoms. The van der Waals surface area contributed by atoms with Crippen molar-refractivity contribution in [3.05, 3.63) is 45.2 Å². The lowest BCUT2D eigenvalue weighted by atomic mass is 9.78. The molecule has 192 valence electrons. The molecule has 0 saturated heterocycles. The van der Waals surface area contributed by atoms with Crippen molar-refractivity contribution in [2.24, 2.45) is 11.8 Å². The summed E-state index contributed by atoms with van der Waals surface area (Å²) >= 11 is 1.62. The maximum atomic E-state index is 12.5. The van der Waals surface area contributed by atoms with Gasteiger partial charge in [-0.15, -0.1) is 11.3 Å². The Bertz CT molecular complexity index is 982. The number of ketones is 1. The van der Waals surface area contributed by atoms with Gasteiger partial charge in [-0.05, 0) is 68.5 Å². The number of aryl methyl sites for hydroxylation is 2. The van der Waals surface area contributed by atoms with Crippen molar-refractivity contribution in [2.45, 2.75) is 83.7 Å². The standard InChI is InChI=1S/C27H36F3N3OS/c1-19-31-18-25(35-19)16-24(34)15-21-4-2-20(3-5-21)7-11-33-12-8-23-14-22(6-10-27(28,29)30)17-32-26(23)9-13-33/h14,17-18,20-21H,2-13,15-16H2,1H3. The predicted octanol–water partition coefficient (Wildman–Crippen LogP) is 6.14. The first-order chi connectivity index (χ1) is 16.7. The molecule has 2 aromatic heterocycles. The molecule has 0 atom stereocenters. The number of carbonyl (C=O) groups is 1. The van der Waals surface area contributed by atoms with Crippen LogP contribution in [0, 0.1) is 18.8 Å². The van der Waals surface area contributed by atoms with Crippen molar-refractivity contribution in [1.29, 1.82) is 0 Å². The maximum absolute atomic E-state index is 12.5. The third-order valence-electron chi connectivity index (χ3n) is 7.55. The van der Waals surface area contributed by atoms with Gasteiger partial charge in [0.2, 0.25) is 0 Å². The molecule has 0 aromatic carbocycles. The summed E-state index contributed by atoms with van der Waals surface area (Å²) in [6, 6.07) is 1.94. The van der Waals surface area contributed by atoms with Gasteiger partial charge in [-0.1, -0.05) is 18.9 Å². The highest BCUT2D eigenvalue weighted by molar-refractivity contribution is 7.11. The molecule has 1 aliphatic heterocycles. The van der Waals surface area contributed by atoms with E-state index in [-0.39, 0.29) is 6.42 Å². The van der Waals surface area contributed by atoms with Gasteiger partial charge in [0.1, 0.15) is 5.78 Å². The van der Waals surface area contributed by atoms with Crippen LogP contribution < -0.4 is 0 Å². The second-order valence-corrected chi connectivity index (χ2v) is 11.7. The van der Waals surface area contributed by atoms with Crippen molar-refractivity contribution in [1.82, 2.24) is 14.9 Å². The van der Waals surface area contributed by atoms with Gasteiger partial charge in [0.05, 0.1) is 5.01 Å². The fourth-order valence-corrected chi connectivity index (χ4v) is 6.32. The second kappa shape index (κ2) is 12.0. The van der Waals surface area contributed by atoms with Crippen LogP contribution in [-0.2, 0) is 30.5 Å². The molecular weight excluding hydrogens is 471 g/mol. The number of carbonyl (C=O) groups excluding carboxylic acids is 1. The molecule has 0 spiro atoms. The van der Waals surface area contributed by atoms with Crippen LogP contribution in [0.3, 0.4) is 0 Å². The van der Waals surface area contributed by atoms with E-state index in [4.69, 9.17) is 0 Å². The molecule has 2 aromatic rings. The van der Waals surface area contributed by atoms with Gasteiger partial charge in [0.15, 0.2) is 0 Å². The molecule has 0 amide bonds. The minimum Gasteiger partial charge on any atom is -0.303 e. The third kappa shape index (κ3) is 8.38. The monoisotopic (exact) mass is 507 g/mol. The quantitative estimate of drug-likeness (QED) is 0.409. The smallest absolute Gasteiger partial charge is 0.303 e. The average molecular weight is 508 g/mol. The number of thiazole rings is 1. The van der Waals surface area contributed by atoms with Crippen molar-refractivity contribution in [2.75, 3.05) is 19.6 Å². The first kappa shape index (κ1) is 26.3. The molecule has 0 radical (unpaired) electrons. The van der Waals surface area contributed by atoms with E-state index in [2.05, 4.69) is 14.9 Å². The van der Waals surface area contributed by atoms with E-state index in [1.165, 1.54) is 19.3 Å². The van der Waals surface area contributed by atoms with E-state index in [1.807, 2.05) is 19.2 Å². The number of pyridine rings is 1. The number of nitrogens with zero attached hydrogens (tertiary/aromatic N) is 3. The van der Waals surface area contributed by atoms with Crippen LogP contribution in [0.1, 0.15) is 71.7 Å². The SMILES string of the molecule is Cc1ncc(CC(=O)CC2CCC(CCN3CCc4cc(CCC(F)(F)F)cnc4CC3)CC2)s1. The summed E-state index contributed by atoms with van der Waals surface area (Å²) in [5.74, 6) is 1.60. The molecule has 0 N–H and O–H groups in total. The summed E-state index contributed by atoms with van der Waals surface area (Å²) < 4.78 is 37.6. The van der Waals surface area contributed by atoms with Gasteiger partial charge in [-0.3, -0.25) is 9.78 Å². The summed E-state index contributed by atoms with van der Waals surface area (Å²) in [5, 5.41) is 1.02. The zero-order chi connectivity index (χ0) is 24.8. The zero-order valence-electron chi connectivity index (χ0n) is 20.6. The minimum absolute atomic E-state index is 0.00662. The summed E-state index contributed by atoms with van der Waals surface area (Å²) in [7, 11) is 0. The van der Waals surface area contributed by atoms with Gasteiger partial charge < -0.3 is 4.90 Å². The first-order valence-electron chi connectivity index (χ1n) is 12.9. The van der Waals surface area contributed by atoms with Crippen molar-refractivity contribution >= 4 is 17.1 Å². The van der Waals surface area contributed by atoms with E-state index in [9.17, 15) is 18.0 Å². The second-order valence-electron chi connectivity index (χ2n) is 10.3. The van der Waals surface area contributed by atoms with E-state index in [0.29, 0.717) is 30.1 Å². The van der Waals surface area contributed by atoms with Crippen molar-refractivity contribution < 1.29 is 18.0 Å². The van der Waals surface area contributed by atoms with Crippen LogP contribution >= 0.6 is 11.3 Å². The number of rotatable bonds is 9. The van der Waals surface area contributed by atoms with Gasteiger partial charge in [-0.2, -0.15) is 13.2 Å². The minimum atomic E-state index is -4.13. The molecule has 1 saturated carbocycles. The molecule has 4 rings (SSSR count). The summed E-state index contributed by atoms with van der Waals surface area (Å²) in [6.07, 6.45) is 7.39. The van der Waals surface area contributed by atoms with Crippen LogP contribution in [-0.4, -0.2) is 46.5 Å². The predicted molar refractivity (Wildman–Crippen MR) is 133 cm³/mol. The van der Waals surface area contributed by atoms with Crippen LogP contribution in [0.4, 0.5) is 13.2 Å². The Morgan fingerprint density at radius 3 is 2.54 bits per heavy atom. The Morgan fingerprint density at radius 2 is 1.83 bits per heavy atom. The molecule has 35 heavy (non-hydrogen) atoms. The fourth-order valence-electron chi connectivity index (χ4n) is 5.50. The molecule has 4 nitrogen and oxygen atoms in total. The lowest BCUT2D eigenvalue weighted by Gasteiger charge is -2.30. The number of halogens is 3. The third-order valence-corrected chi connectivity index (χ3v) is 8.47. The lowest BCUT2D eigenvalue weighted by molar-refractivity contribution is -0.134. The topological polar surface area (TPSA) is 46.1 Å². The van der Waals surface area contributed by atoms with Gasteiger partial charge >= 0.3 is 6.18 Å². The number of Topliss-reactive ketones (excluding diaryl/α,β-unsaturated/α-hetero) is 1. The molecule has 8 heteroatoms. The Labute approximate surface area is 210 Å². The van der Waals surface area contributed by atoms with Crippen molar-refractivity contribution in [3.63, 3.8) is 0 Å². The fraction of sp³-hybridized carbons (Fsp3) is 0.667. The van der Waals surface area contributed by atoms with Gasteiger partial charge in [0, 0.05) is 61.7 Å². The Hall–Kier alpha value is -1.80. The molecule has 0 unspecified atom stereocenters. The molecule has 1 aliphatic carbocycles. The summed E-state index contributed by atoms with van der Waals surface area (Å²) in [4.78, 5) is 24.8. The average Bonchev–Trinajstić information content (AvgIpc) is 3.10. The molecule has 3 heterocycles. The number of fused-ring (bicyclic) bond motifs is 1. The maximum Gasteiger partial charge on any atom is 0.389 e. The highest BCUT2D eigenvalue weighted by atomic mass is 32.1. The molecule has 2 aliphatic rings. The van der Waals surface area contributed by atoms with Crippen molar-refractivity contribution in [3.8, 4) is 0 Å². The molecule has 1 fully saturated rings. The van der Waals surface area contributed by atoms with Crippen LogP contribution in [0.2, 0.25) is 0 Å². The van der Waals surface area contributed by atoms with Gasteiger partial charge in [-0.25, -0.2) is 4.98 Å². The number of aromatic nitrogens is 2. The first-order valence-corrected chi connectivity index (χ1v) is 13.7. The van der Waals surface area contributed by atoms with Crippen LogP contribution in [0.5, 0.6) is 0 Å². The number of hydrogen-bond donors (Lipinski definition) is 0. The lowest BCUT2D eigenvalue weighted by Crippen LogP contribution is -2.29. The largest absolute Gasteiger partial charge is 0.389 e. The number of hydrogen-bond acceptors (Lipinski definition) is 5. The zero-order valence-corrected chi connectivity index (χ0v) is 21.4. The summed E-state index contributed by atoms with van der Waals surface area (Å²) in [6.45, 7) is 4.94. The van der Waals surface area contributed by atoms with E-state index in [1.54, 1.807) is 17.5 Å².